The zero-order chi connectivity index (χ0) is 9.52. The van der Waals surface area contributed by atoms with Gasteiger partial charge in [-0.15, -0.1) is 12.4 Å². The normalized spacial score (nSPS) is 11.9. The molecule has 1 aromatic rings. The zero-order valence-electron chi connectivity index (χ0n) is 8.78. The van der Waals surface area contributed by atoms with Gasteiger partial charge in [-0.25, -0.2) is 0 Å². The summed E-state index contributed by atoms with van der Waals surface area (Å²) in [4.78, 5) is 0. The van der Waals surface area contributed by atoms with Gasteiger partial charge in [0.2, 0.25) is 0 Å². The maximum absolute atomic E-state index is 5.67. The van der Waals surface area contributed by atoms with Crippen LogP contribution in [0.2, 0.25) is 0 Å². The molecule has 2 heteroatoms. The first-order valence-electron chi connectivity index (χ1n) is 5.08. The molecule has 0 amide bonds. The highest BCUT2D eigenvalue weighted by molar-refractivity contribution is 5.85. The van der Waals surface area contributed by atoms with Crippen LogP contribution in [0.5, 0.6) is 0 Å². The van der Waals surface area contributed by atoms with Gasteiger partial charge in [-0.1, -0.05) is 36.8 Å². The Morgan fingerprint density at radius 3 is 2.36 bits per heavy atom. The van der Waals surface area contributed by atoms with E-state index in [1.165, 1.54) is 24.8 Å². The minimum atomic E-state index is 0. The molecule has 0 aliphatic carbocycles. The molecule has 0 aliphatic heterocycles. The summed E-state index contributed by atoms with van der Waals surface area (Å²) in [6, 6.07) is 11.0. The van der Waals surface area contributed by atoms with E-state index in [9.17, 15) is 0 Å². The van der Waals surface area contributed by atoms with E-state index in [0.29, 0.717) is 6.04 Å². The molecule has 0 radical (unpaired) electrons. The molecule has 0 bridgehead atoms. The summed E-state index contributed by atoms with van der Waals surface area (Å²) >= 11 is 0. The van der Waals surface area contributed by atoms with Gasteiger partial charge in [0.1, 0.15) is 0 Å². The molecular weight excluding hydrogens is 194 g/mol. The van der Waals surface area contributed by atoms with Crippen molar-refractivity contribution in [3.8, 4) is 0 Å². The number of hydrogen-bond donors (Lipinski definition) is 1. The molecule has 1 aromatic carbocycles. The fourth-order valence-electron chi connectivity index (χ4n) is 1.44. The molecule has 2 N–H and O–H groups in total. The summed E-state index contributed by atoms with van der Waals surface area (Å²) < 4.78 is 0. The van der Waals surface area contributed by atoms with E-state index >= 15 is 0 Å². The van der Waals surface area contributed by atoms with Gasteiger partial charge in [0.25, 0.3) is 0 Å². The van der Waals surface area contributed by atoms with E-state index in [4.69, 9.17) is 5.73 Å². The van der Waals surface area contributed by atoms with Crippen LogP contribution in [0.1, 0.15) is 31.7 Å². The Kier molecular flexibility index (Phi) is 7.54. The third-order valence-corrected chi connectivity index (χ3v) is 2.22. The first-order valence-corrected chi connectivity index (χ1v) is 5.08. The minimum absolute atomic E-state index is 0. The van der Waals surface area contributed by atoms with Gasteiger partial charge in [-0.2, -0.15) is 0 Å². The van der Waals surface area contributed by atoms with Crippen LogP contribution in [0, 0.1) is 0 Å². The summed E-state index contributed by atoms with van der Waals surface area (Å²) in [5.41, 5.74) is 7.11. The Bertz CT molecular complexity index is 221. The van der Waals surface area contributed by atoms with Gasteiger partial charge in [0.15, 0.2) is 0 Å². The number of halogens is 1. The van der Waals surface area contributed by atoms with Crippen LogP contribution < -0.4 is 5.73 Å². The first kappa shape index (κ1) is 13.5. The molecule has 1 rings (SSSR count). The second kappa shape index (κ2) is 7.84. The first-order chi connectivity index (χ1) is 6.29. The average Bonchev–Trinajstić information content (AvgIpc) is 2.14. The number of hydrogen-bond acceptors (Lipinski definition) is 1. The Morgan fingerprint density at radius 2 is 1.79 bits per heavy atom. The predicted octanol–water partition coefficient (Wildman–Crippen LogP) is 3.17. The zero-order valence-corrected chi connectivity index (χ0v) is 9.59. The van der Waals surface area contributed by atoms with Crippen LogP contribution in [0.3, 0.4) is 0 Å². The standard InChI is InChI=1S/C12H19N.ClH/c1-11(13)7-5-6-10-12-8-3-2-4-9-12;/h2-4,8-9,11H,5-7,10,13H2,1H3;1H. The van der Waals surface area contributed by atoms with Crippen molar-refractivity contribution in [1.82, 2.24) is 0 Å². The van der Waals surface area contributed by atoms with Crippen molar-refractivity contribution < 1.29 is 0 Å². The van der Waals surface area contributed by atoms with Crippen LogP contribution in [0.15, 0.2) is 30.3 Å². The second-order valence-corrected chi connectivity index (χ2v) is 3.71. The Hall–Kier alpha value is -0.530. The van der Waals surface area contributed by atoms with Crippen LogP contribution in [-0.4, -0.2) is 6.04 Å². The Morgan fingerprint density at radius 1 is 1.14 bits per heavy atom. The van der Waals surface area contributed by atoms with E-state index in [-0.39, 0.29) is 12.4 Å². The van der Waals surface area contributed by atoms with E-state index in [1.54, 1.807) is 0 Å². The lowest BCUT2D eigenvalue weighted by Gasteiger charge is -2.04. The van der Waals surface area contributed by atoms with Gasteiger partial charge in [0, 0.05) is 6.04 Å². The van der Waals surface area contributed by atoms with Crippen molar-refractivity contribution in [1.29, 1.82) is 0 Å². The van der Waals surface area contributed by atoms with Crippen molar-refractivity contribution in [3.05, 3.63) is 35.9 Å². The lowest BCUT2D eigenvalue weighted by molar-refractivity contribution is 0.597. The molecule has 0 heterocycles. The highest BCUT2D eigenvalue weighted by Gasteiger charge is 1.95. The number of benzene rings is 1. The highest BCUT2D eigenvalue weighted by Crippen LogP contribution is 2.06. The van der Waals surface area contributed by atoms with Crippen molar-refractivity contribution in [2.45, 2.75) is 38.6 Å². The summed E-state index contributed by atoms with van der Waals surface area (Å²) in [6.07, 6.45) is 4.83. The number of aryl methyl sites for hydroxylation is 1. The lowest BCUT2D eigenvalue weighted by Crippen LogP contribution is -2.14. The monoisotopic (exact) mass is 213 g/mol. The fourth-order valence-corrected chi connectivity index (χ4v) is 1.44. The number of unbranched alkanes of at least 4 members (excludes halogenated alkanes) is 1. The topological polar surface area (TPSA) is 26.0 Å². The fraction of sp³-hybridized carbons (Fsp3) is 0.500. The second-order valence-electron chi connectivity index (χ2n) is 3.71. The van der Waals surface area contributed by atoms with Crippen molar-refractivity contribution in [2.24, 2.45) is 5.73 Å². The predicted molar refractivity (Wildman–Crippen MR) is 64.9 cm³/mol. The summed E-state index contributed by atoms with van der Waals surface area (Å²) in [5.74, 6) is 0. The smallest absolute Gasteiger partial charge is 0.00104 e. The SMILES string of the molecule is CC(N)CCCCc1ccccc1.Cl. The van der Waals surface area contributed by atoms with E-state index < -0.39 is 0 Å². The van der Waals surface area contributed by atoms with E-state index in [0.717, 1.165) is 6.42 Å². The van der Waals surface area contributed by atoms with Gasteiger partial charge >= 0.3 is 0 Å². The largest absolute Gasteiger partial charge is 0.328 e. The quantitative estimate of drug-likeness (QED) is 0.748. The molecule has 0 spiro atoms. The van der Waals surface area contributed by atoms with Crippen LogP contribution in [-0.2, 0) is 6.42 Å². The molecule has 80 valence electrons. The van der Waals surface area contributed by atoms with Crippen molar-refractivity contribution in [2.75, 3.05) is 0 Å². The Balaban J connectivity index is 0.00000169. The molecule has 0 fully saturated rings. The van der Waals surface area contributed by atoms with Gasteiger partial charge in [-0.3, -0.25) is 0 Å². The summed E-state index contributed by atoms with van der Waals surface area (Å²) in [5, 5.41) is 0. The molecule has 1 atom stereocenters. The Labute approximate surface area is 93.1 Å². The summed E-state index contributed by atoms with van der Waals surface area (Å²) in [6.45, 7) is 2.07. The summed E-state index contributed by atoms with van der Waals surface area (Å²) in [7, 11) is 0. The molecule has 0 aromatic heterocycles. The minimum Gasteiger partial charge on any atom is -0.328 e. The third kappa shape index (κ3) is 6.01. The van der Waals surface area contributed by atoms with E-state index in [1.807, 2.05) is 0 Å². The number of nitrogens with two attached hydrogens (primary N) is 1. The molecular formula is C12H20ClN. The molecule has 14 heavy (non-hydrogen) atoms. The van der Waals surface area contributed by atoms with Crippen molar-refractivity contribution in [3.63, 3.8) is 0 Å². The highest BCUT2D eigenvalue weighted by atomic mass is 35.5. The maximum Gasteiger partial charge on any atom is 0.00104 e. The molecule has 0 saturated heterocycles. The van der Waals surface area contributed by atoms with Crippen LogP contribution in [0.4, 0.5) is 0 Å². The van der Waals surface area contributed by atoms with Crippen LogP contribution in [0.25, 0.3) is 0 Å². The molecule has 1 unspecified atom stereocenters. The third-order valence-electron chi connectivity index (χ3n) is 2.22. The number of rotatable bonds is 5. The molecule has 0 aliphatic rings. The van der Waals surface area contributed by atoms with E-state index in [2.05, 4.69) is 37.3 Å². The van der Waals surface area contributed by atoms with Crippen molar-refractivity contribution >= 4 is 12.4 Å². The molecule has 0 saturated carbocycles. The maximum atomic E-state index is 5.67. The van der Waals surface area contributed by atoms with Gasteiger partial charge in [0.05, 0.1) is 0 Å². The van der Waals surface area contributed by atoms with Gasteiger partial charge < -0.3 is 5.73 Å². The average molecular weight is 214 g/mol. The molecule has 1 nitrogen and oxygen atoms in total. The van der Waals surface area contributed by atoms with Gasteiger partial charge in [-0.05, 0) is 31.7 Å². The van der Waals surface area contributed by atoms with Crippen LogP contribution >= 0.6 is 12.4 Å². The lowest BCUT2D eigenvalue weighted by atomic mass is 10.1.